The highest BCUT2D eigenvalue weighted by Gasteiger charge is 2.10. The van der Waals surface area contributed by atoms with E-state index in [2.05, 4.69) is 34.7 Å². The van der Waals surface area contributed by atoms with Gasteiger partial charge in [-0.3, -0.25) is 0 Å². The third-order valence-electron chi connectivity index (χ3n) is 3.09. The number of hydrogen-bond acceptors (Lipinski definition) is 2. The zero-order valence-electron chi connectivity index (χ0n) is 9.36. The van der Waals surface area contributed by atoms with Crippen LogP contribution in [0.5, 0.6) is 0 Å². The summed E-state index contributed by atoms with van der Waals surface area (Å²) in [5.74, 6) is 0.592. The summed E-state index contributed by atoms with van der Waals surface area (Å²) in [6.45, 7) is 2.10. The molecule has 0 atom stereocenters. The van der Waals surface area contributed by atoms with Crippen LogP contribution in [0.3, 0.4) is 0 Å². The zero-order chi connectivity index (χ0) is 11.3. The number of benzene rings is 1. The Balaban J connectivity index is 2.65. The number of fused-ring (bicyclic) bond motifs is 3. The lowest BCUT2D eigenvalue weighted by Crippen LogP contribution is -1.95. The molecule has 0 radical (unpaired) electrons. The van der Waals surface area contributed by atoms with E-state index in [4.69, 9.17) is 5.73 Å². The molecule has 0 unspecified atom stereocenters. The normalized spacial score (nSPS) is 11.4. The van der Waals surface area contributed by atoms with E-state index in [-0.39, 0.29) is 0 Å². The van der Waals surface area contributed by atoms with Gasteiger partial charge in [0.25, 0.3) is 0 Å². The van der Waals surface area contributed by atoms with E-state index in [1.807, 2.05) is 13.1 Å². The summed E-state index contributed by atoms with van der Waals surface area (Å²) in [4.78, 5) is 4.14. The van der Waals surface area contributed by atoms with Crippen LogP contribution in [0.4, 0.5) is 5.82 Å². The highest BCUT2D eigenvalue weighted by Crippen LogP contribution is 2.30. The fourth-order valence-corrected chi connectivity index (χ4v) is 2.32. The van der Waals surface area contributed by atoms with Crippen LogP contribution in [0, 0.1) is 6.92 Å². The lowest BCUT2D eigenvalue weighted by atomic mass is 10.1. The molecule has 16 heavy (non-hydrogen) atoms. The highest BCUT2D eigenvalue weighted by atomic mass is 15.0. The van der Waals surface area contributed by atoms with Crippen LogP contribution in [0.15, 0.2) is 30.5 Å². The average Bonchev–Trinajstić information content (AvgIpc) is 2.54. The molecule has 80 valence electrons. The first-order chi connectivity index (χ1) is 7.68. The van der Waals surface area contributed by atoms with Crippen molar-refractivity contribution in [3.63, 3.8) is 0 Å². The number of aromatic nitrogens is 2. The number of nitrogens with zero attached hydrogens (tertiary/aromatic N) is 2. The molecule has 0 aliphatic carbocycles. The molecule has 2 heterocycles. The molecule has 2 N–H and O–H groups in total. The molecule has 0 amide bonds. The summed E-state index contributed by atoms with van der Waals surface area (Å²) in [5.41, 5.74) is 9.40. The first-order valence-corrected chi connectivity index (χ1v) is 5.27. The first-order valence-electron chi connectivity index (χ1n) is 5.27. The number of aryl methyl sites for hydroxylation is 2. The van der Waals surface area contributed by atoms with Gasteiger partial charge in [-0.25, -0.2) is 4.98 Å². The van der Waals surface area contributed by atoms with E-state index in [1.165, 1.54) is 21.9 Å². The molecule has 0 saturated heterocycles. The minimum atomic E-state index is 0.592. The summed E-state index contributed by atoms with van der Waals surface area (Å²) in [6.07, 6.45) is 1.76. The summed E-state index contributed by atoms with van der Waals surface area (Å²) in [7, 11) is 2.03. The van der Waals surface area contributed by atoms with Gasteiger partial charge in [0.2, 0.25) is 0 Å². The molecule has 0 bridgehead atoms. The molecular formula is C13H13N3. The van der Waals surface area contributed by atoms with Crippen LogP contribution in [-0.2, 0) is 7.05 Å². The maximum absolute atomic E-state index is 5.93. The molecule has 3 rings (SSSR count). The quantitative estimate of drug-likeness (QED) is 0.621. The summed E-state index contributed by atoms with van der Waals surface area (Å²) in [6, 6.07) is 8.46. The van der Waals surface area contributed by atoms with Crippen LogP contribution in [0.25, 0.3) is 21.8 Å². The van der Waals surface area contributed by atoms with E-state index in [9.17, 15) is 0 Å². The van der Waals surface area contributed by atoms with Gasteiger partial charge in [0.15, 0.2) is 0 Å². The van der Waals surface area contributed by atoms with Crippen molar-refractivity contribution in [3.8, 4) is 0 Å². The lowest BCUT2D eigenvalue weighted by molar-refractivity contribution is 1.01. The Labute approximate surface area is 93.5 Å². The maximum Gasteiger partial charge on any atom is 0.147 e. The number of nitrogen functional groups attached to an aromatic ring is 1. The van der Waals surface area contributed by atoms with Crippen molar-refractivity contribution in [1.29, 1.82) is 0 Å². The summed E-state index contributed by atoms with van der Waals surface area (Å²) in [5, 5.41) is 2.42. The Morgan fingerprint density at radius 3 is 2.81 bits per heavy atom. The Kier molecular flexibility index (Phi) is 1.72. The monoisotopic (exact) mass is 211 g/mol. The van der Waals surface area contributed by atoms with Gasteiger partial charge < -0.3 is 10.3 Å². The standard InChI is InChI=1S/C13H13N3/c1-8-3-4-11-10(7-8)9-5-6-15-13(14)12(9)16(11)2/h3-7H,1-2H3,(H2,14,15). The molecule has 0 spiro atoms. The third kappa shape index (κ3) is 1.05. The predicted molar refractivity (Wildman–Crippen MR) is 67.4 cm³/mol. The smallest absolute Gasteiger partial charge is 0.147 e. The fourth-order valence-electron chi connectivity index (χ4n) is 2.32. The van der Waals surface area contributed by atoms with Crippen molar-refractivity contribution in [2.24, 2.45) is 7.05 Å². The van der Waals surface area contributed by atoms with Crippen LogP contribution in [0.1, 0.15) is 5.56 Å². The minimum absolute atomic E-state index is 0.592. The number of pyridine rings is 1. The van der Waals surface area contributed by atoms with Crippen LogP contribution < -0.4 is 5.73 Å². The first kappa shape index (κ1) is 9.21. The Morgan fingerprint density at radius 1 is 1.19 bits per heavy atom. The Bertz CT molecular complexity index is 695. The topological polar surface area (TPSA) is 43.8 Å². The molecule has 1 aromatic carbocycles. The maximum atomic E-state index is 5.93. The number of anilines is 1. The number of rotatable bonds is 0. The molecule has 0 aliphatic rings. The summed E-state index contributed by atoms with van der Waals surface area (Å²) < 4.78 is 2.10. The Morgan fingerprint density at radius 2 is 2.00 bits per heavy atom. The van der Waals surface area contributed by atoms with Gasteiger partial charge in [0.05, 0.1) is 5.52 Å². The zero-order valence-corrected chi connectivity index (χ0v) is 9.36. The van der Waals surface area contributed by atoms with Crippen molar-refractivity contribution in [2.45, 2.75) is 6.92 Å². The van der Waals surface area contributed by atoms with Crippen molar-refractivity contribution < 1.29 is 0 Å². The lowest BCUT2D eigenvalue weighted by Gasteiger charge is -1.99. The van der Waals surface area contributed by atoms with E-state index in [1.54, 1.807) is 6.20 Å². The van der Waals surface area contributed by atoms with Crippen LogP contribution >= 0.6 is 0 Å². The van der Waals surface area contributed by atoms with Gasteiger partial charge in [-0.05, 0) is 25.1 Å². The summed E-state index contributed by atoms with van der Waals surface area (Å²) >= 11 is 0. The SMILES string of the molecule is Cc1ccc2c(c1)c1ccnc(N)c1n2C. The van der Waals surface area contributed by atoms with Crippen molar-refractivity contribution in [1.82, 2.24) is 9.55 Å². The second kappa shape index (κ2) is 2.98. The van der Waals surface area contributed by atoms with Gasteiger partial charge in [0, 0.05) is 29.5 Å². The van der Waals surface area contributed by atoms with Crippen molar-refractivity contribution in [2.75, 3.05) is 5.73 Å². The van der Waals surface area contributed by atoms with Gasteiger partial charge in [-0.1, -0.05) is 11.6 Å². The van der Waals surface area contributed by atoms with Gasteiger partial charge >= 0.3 is 0 Å². The number of nitrogens with two attached hydrogens (primary N) is 1. The van der Waals surface area contributed by atoms with Crippen molar-refractivity contribution in [3.05, 3.63) is 36.0 Å². The predicted octanol–water partition coefficient (Wildman–Crippen LogP) is 2.62. The van der Waals surface area contributed by atoms with E-state index >= 15 is 0 Å². The Hall–Kier alpha value is -2.03. The highest BCUT2D eigenvalue weighted by molar-refractivity contribution is 6.10. The minimum Gasteiger partial charge on any atom is -0.382 e. The average molecular weight is 211 g/mol. The number of hydrogen-bond donors (Lipinski definition) is 1. The molecule has 3 aromatic rings. The largest absolute Gasteiger partial charge is 0.382 e. The molecule has 0 saturated carbocycles. The van der Waals surface area contributed by atoms with E-state index < -0.39 is 0 Å². The second-order valence-corrected chi connectivity index (χ2v) is 4.17. The van der Waals surface area contributed by atoms with Gasteiger partial charge in [-0.15, -0.1) is 0 Å². The second-order valence-electron chi connectivity index (χ2n) is 4.17. The molecular weight excluding hydrogens is 198 g/mol. The molecule has 0 aliphatic heterocycles. The molecule has 2 aromatic heterocycles. The van der Waals surface area contributed by atoms with Crippen LogP contribution in [0.2, 0.25) is 0 Å². The van der Waals surface area contributed by atoms with Crippen molar-refractivity contribution >= 4 is 27.6 Å². The van der Waals surface area contributed by atoms with E-state index in [0.717, 1.165) is 5.52 Å². The third-order valence-corrected chi connectivity index (χ3v) is 3.09. The molecule has 0 fully saturated rings. The van der Waals surface area contributed by atoms with Crippen LogP contribution in [-0.4, -0.2) is 9.55 Å². The van der Waals surface area contributed by atoms with Gasteiger partial charge in [-0.2, -0.15) is 0 Å². The molecule has 3 nitrogen and oxygen atoms in total. The fraction of sp³-hybridized carbons (Fsp3) is 0.154. The van der Waals surface area contributed by atoms with Gasteiger partial charge in [0.1, 0.15) is 5.82 Å². The molecule has 3 heteroatoms. The van der Waals surface area contributed by atoms with E-state index in [0.29, 0.717) is 5.82 Å².